The van der Waals surface area contributed by atoms with Crippen molar-refractivity contribution in [3.63, 3.8) is 0 Å². The lowest BCUT2D eigenvalue weighted by atomic mass is 9.98. The molecule has 0 spiro atoms. The highest BCUT2D eigenvalue weighted by Crippen LogP contribution is 2.20. The van der Waals surface area contributed by atoms with Gasteiger partial charge in [0.1, 0.15) is 0 Å². The summed E-state index contributed by atoms with van der Waals surface area (Å²) in [5.74, 6) is 0.594. The maximum absolute atomic E-state index is 12.6. The van der Waals surface area contributed by atoms with E-state index in [1.54, 1.807) is 0 Å². The summed E-state index contributed by atoms with van der Waals surface area (Å²) in [6, 6.07) is 0. The zero-order valence-corrected chi connectivity index (χ0v) is 13.2. The SMILES string of the molecule is O=C(C1CCOCC1)N1CCCN(C(=O)C2CCOC2)CC1. The molecule has 0 bridgehead atoms. The highest BCUT2D eigenvalue weighted by atomic mass is 16.5. The summed E-state index contributed by atoms with van der Waals surface area (Å²) in [7, 11) is 0. The van der Waals surface area contributed by atoms with Crippen LogP contribution in [0.2, 0.25) is 0 Å². The molecular weight excluding hydrogens is 284 g/mol. The van der Waals surface area contributed by atoms with Crippen molar-refractivity contribution in [2.75, 3.05) is 52.6 Å². The van der Waals surface area contributed by atoms with Crippen molar-refractivity contribution in [2.45, 2.75) is 25.7 Å². The first-order chi connectivity index (χ1) is 10.8. The fraction of sp³-hybridized carbons (Fsp3) is 0.875. The average molecular weight is 310 g/mol. The van der Waals surface area contributed by atoms with Crippen LogP contribution in [0.1, 0.15) is 25.7 Å². The molecular formula is C16H26N2O4. The molecule has 124 valence electrons. The molecule has 0 aromatic carbocycles. The van der Waals surface area contributed by atoms with Gasteiger partial charge in [-0.3, -0.25) is 9.59 Å². The molecule has 3 aliphatic rings. The first-order valence-electron chi connectivity index (χ1n) is 8.49. The fourth-order valence-electron chi connectivity index (χ4n) is 3.55. The summed E-state index contributed by atoms with van der Waals surface area (Å²) in [5.41, 5.74) is 0. The van der Waals surface area contributed by atoms with Crippen LogP contribution in [-0.4, -0.2) is 74.2 Å². The number of nitrogens with zero attached hydrogens (tertiary/aromatic N) is 2. The van der Waals surface area contributed by atoms with Crippen LogP contribution >= 0.6 is 0 Å². The molecule has 6 nitrogen and oxygen atoms in total. The topological polar surface area (TPSA) is 59.1 Å². The predicted octanol–water partition coefficient (Wildman–Crippen LogP) is 0.510. The molecule has 3 saturated heterocycles. The monoisotopic (exact) mass is 310 g/mol. The summed E-state index contributed by atoms with van der Waals surface area (Å²) in [5, 5.41) is 0. The lowest BCUT2D eigenvalue weighted by Crippen LogP contribution is -2.42. The number of carbonyl (C=O) groups excluding carboxylic acids is 2. The van der Waals surface area contributed by atoms with Crippen molar-refractivity contribution >= 4 is 11.8 Å². The van der Waals surface area contributed by atoms with Gasteiger partial charge in [0.25, 0.3) is 0 Å². The third kappa shape index (κ3) is 3.60. The van der Waals surface area contributed by atoms with Gasteiger partial charge in [-0.05, 0) is 25.7 Å². The average Bonchev–Trinajstić information content (AvgIpc) is 2.99. The number of hydrogen-bond donors (Lipinski definition) is 0. The predicted molar refractivity (Wildman–Crippen MR) is 80.2 cm³/mol. The van der Waals surface area contributed by atoms with Gasteiger partial charge in [-0.1, -0.05) is 0 Å². The van der Waals surface area contributed by atoms with E-state index in [2.05, 4.69) is 0 Å². The number of carbonyl (C=O) groups is 2. The minimum atomic E-state index is 0.0257. The second-order valence-electron chi connectivity index (χ2n) is 6.45. The Balaban J connectivity index is 1.52. The highest BCUT2D eigenvalue weighted by molar-refractivity contribution is 5.80. The van der Waals surface area contributed by atoms with E-state index in [0.717, 1.165) is 38.8 Å². The van der Waals surface area contributed by atoms with Gasteiger partial charge in [0, 0.05) is 51.9 Å². The van der Waals surface area contributed by atoms with Crippen LogP contribution in [0.15, 0.2) is 0 Å². The maximum Gasteiger partial charge on any atom is 0.228 e. The fourth-order valence-corrected chi connectivity index (χ4v) is 3.55. The Kier molecular flexibility index (Phi) is 5.31. The molecule has 3 fully saturated rings. The zero-order valence-electron chi connectivity index (χ0n) is 13.2. The van der Waals surface area contributed by atoms with Gasteiger partial charge < -0.3 is 19.3 Å². The van der Waals surface area contributed by atoms with Crippen molar-refractivity contribution in [3.8, 4) is 0 Å². The summed E-state index contributed by atoms with van der Waals surface area (Å²) in [6.45, 7) is 5.47. The number of hydrogen-bond acceptors (Lipinski definition) is 4. The van der Waals surface area contributed by atoms with E-state index in [1.165, 1.54) is 0 Å². The maximum atomic E-state index is 12.6. The Morgan fingerprint density at radius 3 is 1.86 bits per heavy atom. The van der Waals surface area contributed by atoms with E-state index in [4.69, 9.17) is 9.47 Å². The summed E-state index contributed by atoms with van der Waals surface area (Å²) >= 11 is 0. The summed E-state index contributed by atoms with van der Waals surface area (Å²) < 4.78 is 10.6. The van der Waals surface area contributed by atoms with Crippen LogP contribution in [0.3, 0.4) is 0 Å². The van der Waals surface area contributed by atoms with E-state index in [-0.39, 0.29) is 23.7 Å². The number of rotatable bonds is 2. The first-order valence-corrected chi connectivity index (χ1v) is 8.49. The van der Waals surface area contributed by atoms with E-state index >= 15 is 0 Å². The van der Waals surface area contributed by atoms with Crippen molar-refractivity contribution < 1.29 is 19.1 Å². The second kappa shape index (κ2) is 7.42. The molecule has 0 saturated carbocycles. The van der Waals surface area contributed by atoms with Gasteiger partial charge in [-0.15, -0.1) is 0 Å². The Morgan fingerprint density at radius 2 is 1.27 bits per heavy atom. The van der Waals surface area contributed by atoms with E-state index in [0.29, 0.717) is 39.5 Å². The van der Waals surface area contributed by atoms with Crippen molar-refractivity contribution in [1.82, 2.24) is 9.80 Å². The highest BCUT2D eigenvalue weighted by Gasteiger charge is 2.31. The first kappa shape index (κ1) is 15.7. The Morgan fingerprint density at radius 1 is 0.727 bits per heavy atom. The molecule has 22 heavy (non-hydrogen) atoms. The molecule has 1 atom stereocenters. The largest absolute Gasteiger partial charge is 0.381 e. The Hall–Kier alpha value is -1.14. The quantitative estimate of drug-likeness (QED) is 0.746. The number of ether oxygens (including phenoxy) is 2. The molecule has 1 unspecified atom stereocenters. The van der Waals surface area contributed by atoms with Crippen LogP contribution in [0.5, 0.6) is 0 Å². The Labute approximate surface area is 131 Å². The van der Waals surface area contributed by atoms with Gasteiger partial charge >= 0.3 is 0 Å². The Bertz CT molecular complexity index is 403. The van der Waals surface area contributed by atoms with Crippen LogP contribution in [0, 0.1) is 11.8 Å². The molecule has 3 heterocycles. The number of amides is 2. The standard InChI is InChI=1S/C16H26N2O4/c19-15(13-2-9-21-10-3-13)17-5-1-6-18(8-7-17)16(20)14-4-11-22-12-14/h13-14H,1-12H2. The summed E-state index contributed by atoms with van der Waals surface area (Å²) in [4.78, 5) is 28.9. The van der Waals surface area contributed by atoms with Gasteiger partial charge in [0.05, 0.1) is 12.5 Å². The minimum Gasteiger partial charge on any atom is -0.381 e. The van der Waals surface area contributed by atoms with Crippen LogP contribution in [-0.2, 0) is 19.1 Å². The molecule has 0 radical (unpaired) electrons. The third-order valence-corrected chi connectivity index (χ3v) is 4.97. The molecule has 0 aliphatic carbocycles. The van der Waals surface area contributed by atoms with Crippen LogP contribution in [0.25, 0.3) is 0 Å². The molecule has 3 aliphatic heterocycles. The molecule has 6 heteroatoms. The van der Waals surface area contributed by atoms with Gasteiger partial charge in [-0.2, -0.15) is 0 Å². The molecule has 0 N–H and O–H groups in total. The van der Waals surface area contributed by atoms with Crippen LogP contribution in [0.4, 0.5) is 0 Å². The smallest absolute Gasteiger partial charge is 0.228 e. The normalized spacial score (nSPS) is 27.7. The van der Waals surface area contributed by atoms with Crippen molar-refractivity contribution in [1.29, 1.82) is 0 Å². The van der Waals surface area contributed by atoms with E-state index < -0.39 is 0 Å². The molecule has 3 rings (SSSR count). The zero-order chi connectivity index (χ0) is 15.4. The lowest BCUT2D eigenvalue weighted by Gasteiger charge is -2.28. The van der Waals surface area contributed by atoms with Crippen molar-refractivity contribution in [2.24, 2.45) is 11.8 Å². The molecule has 0 aromatic heterocycles. The third-order valence-electron chi connectivity index (χ3n) is 4.97. The minimum absolute atomic E-state index is 0.0257. The molecule has 2 amide bonds. The van der Waals surface area contributed by atoms with Gasteiger partial charge in [0.2, 0.25) is 11.8 Å². The van der Waals surface area contributed by atoms with Crippen molar-refractivity contribution in [3.05, 3.63) is 0 Å². The summed E-state index contributed by atoms with van der Waals surface area (Å²) in [6.07, 6.45) is 3.36. The van der Waals surface area contributed by atoms with E-state index in [1.807, 2.05) is 9.80 Å². The van der Waals surface area contributed by atoms with E-state index in [9.17, 15) is 9.59 Å². The van der Waals surface area contributed by atoms with Crippen LogP contribution < -0.4 is 0 Å². The van der Waals surface area contributed by atoms with Gasteiger partial charge in [0.15, 0.2) is 0 Å². The molecule has 0 aromatic rings. The lowest BCUT2D eigenvalue weighted by molar-refractivity contribution is -0.139. The second-order valence-corrected chi connectivity index (χ2v) is 6.45. The van der Waals surface area contributed by atoms with Gasteiger partial charge in [-0.25, -0.2) is 0 Å².